The van der Waals surface area contributed by atoms with Crippen molar-refractivity contribution in [1.82, 2.24) is 15.2 Å². The Bertz CT molecular complexity index is 946. The highest BCUT2D eigenvalue weighted by molar-refractivity contribution is 7.99. The minimum absolute atomic E-state index is 0.353. The Morgan fingerprint density at radius 2 is 1.89 bits per heavy atom. The highest BCUT2D eigenvalue weighted by Crippen LogP contribution is 2.36. The van der Waals surface area contributed by atoms with Crippen molar-refractivity contribution in [2.24, 2.45) is 0 Å². The Morgan fingerprint density at radius 1 is 1.07 bits per heavy atom. The van der Waals surface area contributed by atoms with Gasteiger partial charge in [-0.15, -0.1) is 10.2 Å². The molecule has 1 unspecified atom stereocenters. The lowest BCUT2D eigenvalue weighted by Gasteiger charge is -2.15. The third-order valence-electron chi connectivity index (χ3n) is 4.05. The third kappa shape index (κ3) is 4.11. The number of hydrogen-bond donors (Lipinski definition) is 1. The topological polar surface area (TPSA) is 59.9 Å². The molecule has 136 valence electrons. The molecule has 6 heteroatoms. The second-order valence-electron chi connectivity index (χ2n) is 6.09. The third-order valence-corrected chi connectivity index (χ3v) is 5.10. The molecule has 5 nitrogen and oxygen atoms in total. The largest absolute Gasteiger partial charge is 0.448 e. The number of benzene rings is 2. The van der Waals surface area contributed by atoms with E-state index in [0.717, 1.165) is 29.0 Å². The lowest BCUT2D eigenvalue weighted by molar-refractivity contribution is 0.266. The fraction of sp³-hybridized carbons (Fsp3) is 0.190. The summed E-state index contributed by atoms with van der Waals surface area (Å²) < 4.78 is 6.16. The Kier molecular flexibility index (Phi) is 5.34. The average Bonchev–Trinajstić information content (AvgIpc) is 2.87. The van der Waals surface area contributed by atoms with Crippen LogP contribution in [0.5, 0.6) is 5.88 Å². The summed E-state index contributed by atoms with van der Waals surface area (Å²) >= 11 is 1.59. The predicted molar refractivity (Wildman–Crippen MR) is 110 cm³/mol. The molecule has 27 heavy (non-hydrogen) atoms. The maximum absolute atomic E-state index is 6.16. The first kappa shape index (κ1) is 17.5. The smallest absolute Gasteiger partial charge is 0.247 e. The van der Waals surface area contributed by atoms with Crippen molar-refractivity contribution in [3.05, 3.63) is 66.2 Å². The molecule has 1 aliphatic heterocycles. The second kappa shape index (κ2) is 8.22. The normalized spacial score (nSPS) is 15.4. The van der Waals surface area contributed by atoms with Crippen molar-refractivity contribution in [3.8, 4) is 17.1 Å². The average molecular weight is 376 g/mol. The maximum Gasteiger partial charge on any atom is 0.247 e. The van der Waals surface area contributed by atoms with Crippen molar-refractivity contribution < 1.29 is 4.74 Å². The summed E-state index contributed by atoms with van der Waals surface area (Å²) in [4.78, 5) is 4.61. The molecule has 0 amide bonds. The summed E-state index contributed by atoms with van der Waals surface area (Å²) in [6, 6.07) is 18.1. The van der Waals surface area contributed by atoms with Gasteiger partial charge in [0.15, 0.2) is 11.9 Å². The molecule has 1 atom stereocenters. The number of ether oxygens (including phenoxy) is 1. The predicted octanol–water partition coefficient (Wildman–Crippen LogP) is 4.88. The number of hydrogen-bond acceptors (Lipinski definition) is 6. The van der Waals surface area contributed by atoms with Crippen LogP contribution in [0.15, 0.2) is 65.8 Å². The van der Waals surface area contributed by atoms with Gasteiger partial charge in [-0.05, 0) is 24.1 Å². The number of nitrogens with one attached hydrogen (secondary N) is 1. The molecule has 0 saturated heterocycles. The minimum Gasteiger partial charge on any atom is -0.448 e. The van der Waals surface area contributed by atoms with Crippen molar-refractivity contribution in [2.45, 2.75) is 24.7 Å². The second-order valence-corrected chi connectivity index (χ2v) is 7.16. The molecule has 1 aromatic heterocycles. The molecular formula is C21H20N4OS. The molecular weight excluding hydrogens is 356 g/mol. The van der Waals surface area contributed by atoms with Crippen LogP contribution in [-0.2, 0) is 0 Å². The molecule has 2 heterocycles. The van der Waals surface area contributed by atoms with Crippen LogP contribution in [0, 0.1) is 0 Å². The Hall–Kier alpha value is -2.86. The number of para-hydroxylation sites is 1. The fourth-order valence-electron chi connectivity index (χ4n) is 2.77. The molecule has 3 aromatic rings. The highest BCUT2D eigenvalue weighted by atomic mass is 32.2. The lowest BCUT2D eigenvalue weighted by atomic mass is 10.1. The summed E-state index contributed by atoms with van der Waals surface area (Å²) in [6.45, 7) is 2.13. The standard InChI is InChI=1S/C21H20N4OS/c1-2-14-27-21-23-20-19(24-25-21)16-10-6-7-11-17(16)22-18(26-20)13-12-15-8-4-3-5-9-15/h3-13,18,22H,2,14H2,1H3/b13-12+. The number of nitrogens with zero attached hydrogens (tertiary/aromatic N) is 3. The monoisotopic (exact) mass is 376 g/mol. The molecule has 1 N–H and O–H groups in total. The Labute approximate surface area is 162 Å². The van der Waals surface area contributed by atoms with Crippen molar-refractivity contribution in [2.75, 3.05) is 11.1 Å². The summed E-state index contributed by atoms with van der Waals surface area (Å²) in [5, 5.41) is 12.7. The van der Waals surface area contributed by atoms with Gasteiger partial charge in [-0.1, -0.05) is 73.3 Å². The summed E-state index contributed by atoms with van der Waals surface area (Å²) in [6.07, 6.45) is 4.72. The Morgan fingerprint density at radius 3 is 2.74 bits per heavy atom. The number of rotatable bonds is 5. The van der Waals surface area contributed by atoms with E-state index in [9.17, 15) is 0 Å². The van der Waals surface area contributed by atoms with Gasteiger partial charge in [-0.3, -0.25) is 0 Å². The van der Waals surface area contributed by atoms with Crippen molar-refractivity contribution >= 4 is 23.5 Å². The zero-order valence-corrected chi connectivity index (χ0v) is 15.8. The van der Waals surface area contributed by atoms with E-state index in [1.54, 1.807) is 11.8 Å². The zero-order chi connectivity index (χ0) is 18.5. The summed E-state index contributed by atoms with van der Waals surface area (Å²) in [7, 11) is 0. The first-order valence-corrected chi connectivity index (χ1v) is 9.95. The van der Waals surface area contributed by atoms with Gasteiger partial charge in [-0.2, -0.15) is 4.98 Å². The van der Waals surface area contributed by atoms with Gasteiger partial charge in [0.05, 0.1) is 0 Å². The zero-order valence-electron chi connectivity index (χ0n) is 15.0. The van der Waals surface area contributed by atoms with Crippen LogP contribution >= 0.6 is 11.8 Å². The molecule has 4 rings (SSSR count). The van der Waals surface area contributed by atoms with E-state index in [0.29, 0.717) is 16.7 Å². The summed E-state index contributed by atoms with van der Waals surface area (Å²) in [5.41, 5.74) is 3.66. The van der Waals surface area contributed by atoms with Crippen LogP contribution in [0.3, 0.4) is 0 Å². The number of anilines is 1. The van der Waals surface area contributed by atoms with Crippen LogP contribution in [0.2, 0.25) is 0 Å². The number of thioether (sulfide) groups is 1. The summed E-state index contributed by atoms with van der Waals surface area (Å²) in [5.74, 6) is 1.45. The molecule has 0 saturated carbocycles. The molecule has 0 radical (unpaired) electrons. The van der Waals surface area contributed by atoms with Crippen LogP contribution in [0.4, 0.5) is 5.69 Å². The Balaban J connectivity index is 1.69. The first-order chi connectivity index (χ1) is 13.3. The minimum atomic E-state index is -0.353. The van der Waals surface area contributed by atoms with E-state index < -0.39 is 0 Å². The highest BCUT2D eigenvalue weighted by Gasteiger charge is 2.23. The van der Waals surface area contributed by atoms with E-state index in [-0.39, 0.29) is 6.23 Å². The van der Waals surface area contributed by atoms with E-state index >= 15 is 0 Å². The van der Waals surface area contributed by atoms with E-state index in [2.05, 4.69) is 39.6 Å². The number of fused-ring (bicyclic) bond motifs is 3. The van der Waals surface area contributed by atoms with Gasteiger partial charge in [0.2, 0.25) is 11.0 Å². The molecule has 0 fully saturated rings. The van der Waals surface area contributed by atoms with Crippen LogP contribution < -0.4 is 10.1 Å². The molecule has 1 aliphatic rings. The van der Waals surface area contributed by atoms with Gasteiger partial charge in [0, 0.05) is 17.0 Å². The quantitative estimate of drug-likeness (QED) is 0.640. The van der Waals surface area contributed by atoms with Gasteiger partial charge < -0.3 is 10.1 Å². The van der Waals surface area contributed by atoms with E-state index in [4.69, 9.17) is 4.74 Å². The van der Waals surface area contributed by atoms with E-state index in [1.807, 2.05) is 54.6 Å². The molecule has 2 aromatic carbocycles. The molecule has 0 spiro atoms. The first-order valence-electron chi connectivity index (χ1n) is 8.97. The van der Waals surface area contributed by atoms with Gasteiger partial charge in [0.1, 0.15) is 0 Å². The van der Waals surface area contributed by atoms with Crippen molar-refractivity contribution in [3.63, 3.8) is 0 Å². The van der Waals surface area contributed by atoms with Crippen LogP contribution in [0.25, 0.3) is 17.3 Å². The molecule has 0 bridgehead atoms. The van der Waals surface area contributed by atoms with Gasteiger partial charge >= 0.3 is 0 Å². The fourth-order valence-corrected chi connectivity index (χ4v) is 3.40. The molecule has 0 aliphatic carbocycles. The van der Waals surface area contributed by atoms with Crippen LogP contribution in [0.1, 0.15) is 18.9 Å². The van der Waals surface area contributed by atoms with Crippen LogP contribution in [-0.4, -0.2) is 27.2 Å². The van der Waals surface area contributed by atoms with E-state index in [1.165, 1.54) is 0 Å². The number of aromatic nitrogens is 3. The lowest BCUT2D eigenvalue weighted by Crippen LogP contribution is -2.23. The SMILES string of the molecule is CCCSc1nnc2c(n1)OC(/C=C/c1ccccc1)Nc1ccccc1-2. The van der Waals surface area contributed by atoms with Gasteiger partial charge in [-0.25, -0.2) is 0 Å². The maximum atomic E-state index is 6.16. The van der Waals surface area contributed by atoms with Gasteiger partial charge in [0.25, 0.3) is 0 Å². The van der Waals surface area contributed by atoms with Crippen molar-refractivity contribution in [1.29, 1.82) is 0 Å².